The molecular weight excluding hydrogens is 225 g/mol. The molecule has 0 radical (unpaired) electrons. The SMILES string of the molecule is Cn1ccc(CNc2nc(NN)ncc2F)n1. The normalized spacial score (nSPS) is 10.3. The maximum atomic E-state index is 13.3. The fourth-order valence-corrected chi connectivity index (χ4v) is 1.29. The number of aryl methyl sites for hydroxylation is 1. The van der Waals surface area contributed by atoms with E-state index in [0.29, 0.717) is 6.54 Å². The summed E-state index contributed by atoms with van der Waals surface area (Å²) in [4.78, 5) is 7.48. The smallest absolute Gasteiger partial charge is 0.239 e. The Morgan fingerprint density at radius 1 is 1.53 bits per heavy atom. The molecule has 0 spiro atoms. The zero-order chi connectivity index (χ0) is 12.3. The summed E-state index contributed by atoms with van der Waals surface area (Å²) in [7, 11) is 1.81. The van der Waals surface area contributed by atoms with Crippen LogP contribution in [-0.4, -0.2) is 19.7 Å². The van der Waals surface area contributed by atoms with Crippen LogP contribution in [0.3, 0.4) is 0 Å². The lowest BCUT2D eigenvalue weighted by molar-refractivity contribution is 0.617. The molecule has 4 N–H and O–H groups in total. The summed E-state index contributed by atoms with van der Waals surface area (Å²) in [6.45, 7) is 0.374. The monoisotopic (exact) mass is 237 g/mol. The Balaban J connectivity index is 2.07. The molecule has 2 aromatic rings. The maximum Gasteiger partial charge on any atom is 0.239 e. The van der Waals surface area contributed by atoms with Gasteiger partial charge in [-0.05, 0) is 6.07 Å². The average Bonchev–Trinajstić information content (AvgIpc) is 2.74. The molecule has 0 saturated heterocycles. The predicted molar refractivity (Wildman–Crippen MR) is 60.3 cm³/mol. The maximum absolute atomic E-state index is 13.3. The van der Waals surface area contributed by atoms with E-state index in [-0.39, 0.29) is 11.8 Å². The minimum absolute atomic E-state index is 0.0820. The molecule has 0 aliphatic carbocycles. The molecule has 7 nitrogen and oxygen atoms in total. The number of nitrogen functional groups attached to an aromatic ring is 1. The van der Waals surface area contributed by atoms with Gasteiger partial charge < -0.3 is 5.32 Å². The van der Waals surface area contributed by atoms with Gasteiger partial charge in [0.25, 0.3) is 0 Å². The van der Waals surface area contributed by atoms with E-state index in [0.717, 1.165) is 11.9 Å². The molecule has 0 aliphatic heterocycles. The van der Waals surface area contributed by atoms with E-state index in [4.69, 9.17) is 5.84 Å². The highest BCUT2D eigenvalue weighted by Crippen LogP contribution is 2.12. The Morgan fingerprint density at radius 3 is 3.00 bits per heavy atom. The van der Waals surface area contributed by atoms with Gasteiger partial charge >= 0.3 is 0 Å². The number of aromatic nitrogens is 4. The van der Waals surface area contributed by atoms with Gasteiger partial charge in [-0.1, -0.05) is 0 Å². The molecule has 0 atom stereocenters. The van der Waals surface area contributed by atoms with Gasteiger partial charge in [0.2, 0.25) is 5.95 Å². The van der Waals surface area contributed by atoms with E-state index < -0.39 is 5.82 Å². The predicted octanol–water partition coefficient (Wildman–Crippen LogP) is 0.247. The number of hydrazine groups is 1. The first kappa shape index (κ1) is 11.3. The molecule has 0 aromatic carbocycles. The largest absolute Gasteiger partial charge is 0.362 e. The Hall–Kier alpha value is -2.22. The summed E-state index contributed by atoms with van der Waals surface area (Å²) < 4.78 is 15.0. The standard InChI is InChI=1S/C9H12FN7/c1-17-3-2-6(16-17)4-12-8-7(10)5-13-9(14-8)15-11/h2-3,5H,4,11H2,1H3,(H2,12,13,14,15). The lowest BCUT2D eigenvalue weighted by Crippen LogP contribution is -2.13. The van der Waals surface area contributed by atoms with Gasteiger partial charge in [-0.15, -0.1) is 0 Å². The van der Waals surface area contributed by atoms with E-state index in [1.807, 2.05) is 13.1 Å². The van der Waals surface area contributed by atoms with E-state index in [1.165, 1.54) is 0 Å². The fraction of sp³-hybridized carbons (Fsp3) is 0.222. The topological polar surface area (TPSA) is 93.7 Å². The molecule has 0 fully saturated rings. The number of nitrogens with two attached hydrogens (primary N) is 1. The minimum Gasteiger partial charge on any atom is -0.362 e. The van der Waals surface area contributed by atoms with E-state index in [1.54, 1.807) is 10.9 Å². The van der Waals surface area contributed by atoms with Crippen molar-refractivity contribution in [1.29, 1.82) is 0 Å². The third-order valence-electron chi connectivity index (χ3n) is 2.08. The number of anilines is 2. The molecule has 2 heterocycles. The molecule has 2 rings (SSSR count). The van der Waals surface area contributed by atoms with E-state index in [2.05, 4.69) is 25.8 Å². The van der Waals surface area contributed by atoms with Crippen LogP contribution in [0, 0.1) is 5.82 Å². The van der Waals surface area contributed by atoms with Crippen LogP contribution in [0.5, 0.6) is 0 Å². The highest BCUT2D eigenvalue weighted by Gasteiger charge is 2.06. The van der Waals surface area contributed by atoms with Crippen molar-refractivity contribution in [3.63, 3.8) is 0 Å². The van der Waals surface area contributed by atoms with Gasteiger partial charge in [0, 0.05) is 13.2 Å². The summed E-state index contributed by atoms with van der Waals surface area (Å²) in [5, 5.41) is 6.97. The molecule has 17 heavy (non-hydrogen) atoms. The molecule has 0 aliphatic rings. The van der Waals surface area contributed by atoms with Crippen LogP contribution in [-0.2, 0) is 13.6 Å². The molecule has 0 saturated carbocycles. The Labute approximate surface area is 96.8 Å². The molecule has 8 heteroatoms. The first-order valence-corrected chi connectivity index (χ1v) is 4.90. The van der Waals surface area contributed by atoms with Crippen molar-refractivity contribution in [3.8, 4) is 0 Å². The quantitative estimate of drug-likeness (QED) is 0.521. The number of nitrogens with one attached hydrogen (secondary N) is 2. The molecule has 90 valence electrons. The molecular formula is C9H12FN7. The molecule has 0 amide bonds. The fourth-order valence-electron chi connectivity index (χ4n) is 1.29. The summed E-state index contributed by atoms with van der Waals surface area (Å²) in [5.74, 6) is 4.83. The van der Waals surface area contributed by atoms with Crippen molar-refractivity contribution in [1.82, 2.24) is 19.7 Å². The van der Waals surface area contributed by atoms with Gasteiger partial charge in [-0.25, -0.2) is 15.2 Å². The van der Waals surface area contributed by atoms with Crippen molar-refractivity contribution in [2.75, 3.05) is 10.7 Å². The van der Waals surface area contributed by atoms with Crippen molar-refractivity contribution < 1.29 is 4.39 Å². The van der Waals surface area contributed by atoms with Crippen LogP contribution >= 0.6 is 0 Å². The number of nitrogens with zero attached hydrogens (tertiary/aromatic N) is 4. The zero-order valence-electron chi connectivity index (χ0n) is 9.18. The zero-order valence-corrected chi connectivity index (χ0v) is 9.18. The number of rotatable bonds is 4. The highest BCUT2D eigenvalue weighted by atomic mass is 19.1. The first-order valence-electron chi connectivity index (χ1n) is 4.90. The second-order valence-electron chi connectivity index (χ2n) is 3.37. The van der Waals surface area contributed by atoms with Crippen molar-refractivity contribution in [2.45, 2.75) is 6.54 Å². The number of halogens is 1. The van der Waals surface area contributed by atoms with Gasteiger partial charge in [0.1, 0.15) is 0 Å². The lowest BCUT2D eigenvalue weighted by atomic mass is 10.4. The van der Waals surface area contributed by atoms with Crippen molar-refractivity contribution in [2.24, 2.45) is 12.9 Å². The van der Waals surface area contributed by atoms with Crippen LogP contribution in [0.1, 0.15) is 5.69 Å². The third kappa shape index (κ3) is 2.67. The van der Waals surface area contributed by atoms with Crippen molar-refractivity contribution >= 4 is 11.8 Å². The van der Waals surface area contributed by atoms with Gasteiger partial charge in [0.05, 0.1) is 18.4 Å². The average molecular weight is 237 g/mol. The van der Waals surface area contributed by atoms with E-state index in [9.17, 15) is 4.39 Å². The second-order valence-corrected chi connectivity index (χ2v) is 3.37. The summed E-state index contributed by atoms with van der Waals surface area (Å²) in [6, 6.07) is 1.83. The number of hydrogen-bond acceptors (Lipinski definition) is 6. The molecule has 0 bridgehead atoms. The Kier molecular flexibility index (Phi) is 3.15. The molecule has 0 unspecified atom stereocenters. The third-order valence-corrected chi connectivity index (χ3v) is 2.08. The van der Waals surface area contributed by atoms with Crippen molar-refractivity contribution in [3.05, 3.63) is 30.0 Å². The Morgan fingerprint density at radius 2 is 2.35 bits per heavy atom. The van der Waals surface area contributed by atoms with Crippen LogP contribution in [0.15, 0.2) is 18.5 Å². The first-order chi connectivity index (χ1) is 8.19. The minimum atomic E-state index is -0.542. The van der Waals surface area contributed by atoms with Crippen LogP contribution in [0.2, 0.25) is 0 Å². The number of hydrogen-bond donors (Lipinski definition) is 3. The van der Waals surface area contributed by atoms with Crippen LogP contribution in [0.4, 0.5) is 16.2 Å². The van der Waals surface area contributed by atoms with Gasteiger partial charge in [-0.3, -0.25) is 10.1 Å². The second kappa shape index (κ2) is 4.74. The highest BCUT2D eigenvalue weighted by molar-refractivity contribution is 5.40. The molecule has 2 aromatic heterocycles. The summed E-state index contributed by atoms with van der Waals surface area (Å²) in [5.41, 5.74) is 3.03. The summed E-state index contributed by atoms with van der Waals surface area (Å²) in [6.07, 6.45) is 2.85. The van der Waals surface area contributed by atoms with Crippen LogP contribution < -0.4 is 16.6 Å². The van der Waals surface area contributed by atoms with Gasteiger partial charge in [-0.2, -0.15) is 10.1 Å². The van der Waals surface area contributed by atoms with E-state index >= 15 is 0 Å². The lowest BCUT2D eigenvalue weighted by Gasteiger charge is -2.06. The van der Waals surface area contributed by atoms with Gasteiger partial charge in [0.15, 0.2) is 11.6 Å². The summed E-state index contributed by atoms with van der Waals surface area (Å²) >= 11 is 0. The Bertz CT molecular complexity index is 510. The van der Waals surface area contributed by atoms with Crippen LogP contribution in [0.25, 0.3) is 0 Å².